The average molecular weight is 408 g/mol. The van der Waals surface area contributed by atoms with Gasteiger partial charge in [0, 0.05) is 6.54 Å². The molecular weight excluding hydrogens is 385 g/mol. The number of carbonyl (C=O) groups excluding carboxylic acids is 2. The highest BCUT2D eigenvalue weighted by Gasteiger charge is 2.20. The lowest BCUT2D eigenvalue weighted by atomic mass is 10.2. The van der Waals surface area contributed by atoms with Gasteiger partial charge in [-0.05, 0) is 42.7 Å². The van der Waals surface area contributed by atoms with Gasteiger partial charge in [-0.2, -0.15) is 0 Å². The number of ether oxygens (including phenoxy) is 1. The molecule has 0 unspecified atom stereocenters. The molecule has 0 spiro atoms. The predicted molar refractivity (Wildman–Crippen MR) is 103 cm³/mol. The zero-order chi connectivity index (χ0) is 21.4. The highest BCUT2D eigenvalue weighted by atomic mass is 19.2. The van der Waals surface area contributed by atoms with E-state index in [9.17, 15) is 22.8 Å². The molecule has 0 fully saturated rings. The molecule has 0 aliphatic heterocycles. The Morgan fingerprint density at radius 1 is 1.00 bits per heavy atom. The Bertz CT molecular complexity index is 857. The number of aryl methyl sites for hydroxylation is 1. The van der Waals surface area contributed by atoms with Crippen LogP contribution in [0.2, 0.25) is 0 Å². The van der Waals surface area contributed by atoms with Gasteiger partial charge in [-0.25, -0.2) is 13.2 Å². The Morgan fingerprint density at radius 3 is 2.31 bits per heavy atom. The van der Waals surface area contributed by atoms with Crippen molar-refractivity contribution < 1.29 is 27.5 Å². The van der Waals surface area contributed by atoms with Gasteiger partial charge in [-0.1, -0.05) is 26.0 Å². The standard InChI is InChI=1S/C21H23F3N2O3/c1-3-11-26(19(28)13-29-15-7-5-14(4-2)6-8-15)12-18(27)25-17-10-9-16(22)20(23)21(17)24/h5-10H,3-4,11-13H2,1-2H3,(H,25,27). The monoisotopic (exact) mass is 408 g/mol. The van der Waals surface area contributed by atoms with Crippen LogP contribution in [0.1, 0.15) is 25.8 Å². The van der Waals surface area contributed by atoms with E-state index in [0.29, 0.717) is 18.2 Å². The number of nitrogens with zero attached hydrogens (tertiary/aromatic N) is 1. The van der Waals surface area contributed by atoms with Crippen molar-refractivity contribution in [3.8, 4) is 5.75 Å². The minimum atomic E-state index is -1.67. The number of carbonyl (C=O) groups is 2. The van der Waals surface area contributed by atoms with Crippen LogP contribution in [0.4, 0.5) is 18.9 Å². The summed E-state index contributed by atoms with van der Waals surface area (Å²) in [6.45, 7) is 3.50. The van der Waals surface area contributed by atoms with E-state index in [1.807, 2.05) is 26.0 Å². The fourth-order valence-electron chi connectivity index (χ4n) is 2.61. The summed E-state index contributed by atoms with van der Waals surface area (Å²) < 4.78 is 45.4. The van der Waals surface area contributed by atoms with Crippen molar-refractivity contribution in [3.63, 3.8) is 0 Å². The van der Waals surface area contributed by atoms with Gasteiger partial charge in [0.2, 0.25) is 5.91 Å². The molecule has 0 saturated heterocycles. The number of anilines is 1. The molecule has 0 atom stereocenters. The van der Waals surface area contributed by atoms with Gasteiger partial charge in [0.25, 0.3) is 5.91 Å². The smallest absolute Gasteiger partial charge is 0.260 e. The van der Waals surface area contributed by atoms with Gasteiger partial charge in [0.1, 0.15) is 5.75 Å². The summed E-state index contributed by atoms with van der Waals surface area (Å²) >= 11 is 0. The lowest BCUT2D eigenvalue weighted by Crippen LogP contribution is -2.41. The molecule has 0 aliphatic carbocycles. The first kappa shape index (κ1) is 22.3. The Balaban J connectivity index is 1.96. The average Bonchev–Trinajstić information content (AvgIpc) is 2.72. The van der Waals surface area contributed by atoms with Crippen molar-refractivity contribution in [2.75, 3.05) is 25.0 Å². The summed E-state index contributed by atoms with van der Waals surface area (Å²) in [5.74, 6) is -5.15. The fourth-order valence-corrected chi connectivity index (χ4v) is 2.61. The van der Waals surface area contributed by atoms with E-state index < -0.39 is 35.0 Å². The SMILES string of the molecule is CCCN(CC(=O)Nc1ccc(F)c(F)c1F)C(=O)COc1ccc(CC)cc1. The van der Waals surface area contributed by atoms with Crippen LogP contribution in [0.3, 0.4) is 0 Å². The molecule has 0 heterocycles. The highest BCUT2D eigenvalue weighted by molar-refractivity contribution is 5.94. The summed E-state index contributed by atoms with van der Waals surface area (Å²) in [5.41, 5.74) is 0.641. The van der Waals surface area contributed by atoms with Gasteiger partial charge in [-0.3, -0.25) is 9.59 Å². The number of hydrogen-bond acceptors (Lipinski definition) is 3. The van der Waals surface area contributed by atoms with Gasteiger partial charge >= 0.3 is 0 Å². The summed E-state index contributed by atoms with van der Waals surface area (Å²) in [7, 11) is 0. The van der Waals surface area contributed by atoms with Crippen molar-refractivity contribution in [2.45, 2.75) is 26.7 Å². The molecular formula is C21H23F3N2O3. The summed E-state index contributed by atoms with van der Waals surface area (Å²) in [6, 6.07) is 8.94. The number of halogens is 3. The van der Waals surface area contributed by atoms with E-state index in [0.717, 1.165) is 18.1 Å². The van der Waals surface area contributed by atoms with Crippen LogP contribution in [0.15, 0.2) is 36.4 Å². The van der Waals surface area contributed by atoms with E-state index >= 15 is 0 Å². The largest absolute Gasteiger partial charge is 0.484 e. The Labute approximate surface area is 167 Å². The van der Waals surface area contributed by atoms with Crippen LogP contribution in [-0.4, -0.2) is 36.4 Å². The minimum Gasteiger partial charge on any atom is -0.484 e. The van der Waals surface area contributed by atoms with Crippen molar-refractivity contribution >= 4 is 17.5 Å². The first-order valence-corrected chi connectivity index (χ1v) is 9.28. The maximum atomic E-state index is 13.7. The zero-order valence-corrected chi connectivity index (χ0v) is 16.3. The maximum absolute atomic E-state index is 13.7. The van der Waals surface area contributed by atoms with Crippen LogP contribution in [0.5, 0.6) is 5.75 Å². The van der Waals surface area contributed by atoms with Crippen LogP contribution >= 0.6 is 0 Å². The Kier molecular flexibility index (Phi) is 8.06. The molecule has 29 heavy (non-hydrogen) atoms. The number of hydrogen-bond donors (Lipinski definition) is 1. The lowest BCUT2D eigenvalue weighted by Gasteiger charge is -2.22. The van der Waals surface area contributed by atoms with Gasteiger partial charge in [0.15, 0.2) is 24.1 Å². The highest BCUT2D eigenvalue weighted by Crippen LogP contribution is 2.19. The number of amides is 2. The second-order valence-corrected chi connectivity index (χ2v) is 6.37. The van der Waals surface area contributed by atoms with Crippen molar-refractivity contribution in [1.29, 1.82) is 0 Å². The number of rotatable bonds is 9. The molecule has 0 aliphatic rings. The minimum absolute atomic E-state index is 0.266. The molecule has 156 valence electrons. The molecule has 1 N–H and O–H groups in total. The number of nitrogens with one attached hydrogen (secondary N) is 1. The third-order valence-electron chi connectivity index (χ3n) is 4.18. The van der Waals surface area contributed by atoms with E-state index in [4.69, 9.17) is 4.74 Å². The molecule has 2 amide bonds. The van der Waals surface area contributed by atoms with E-state index in [1.54, 1.807) is 12.1 Å². The van der Waals surface area contributed by atoms with Crippen LogP contribution in [0, 0.1) is 17.5 Å². The van der Waals surface area contributed by atoms with E-state index in [2.05, 4.69) is 5.32 Å². The molecule has 2 aromatic carbocycles. The van der Waals surface area contributed by atoms with Crippen molar-refractivity contribution in [2.24, 2.45) is 0 Å². The number of benzene rings is 2. The molecule has 8 heteroatoms. The van der Waals surface area contributed by atoms with Crippen LogP contribution in [0.25, 0.3) is 0 Å². The molecule has 0 saturated carbocycles. The van der Waals surface area contributed by atoms with Gasteiger partial charge < -0.3 is 15.0 Å². The molecule has 0 bridgehead atoms. The van der Waals surface area contributed by atoms with Crippen LogP contribution in [-0.2, 0) is 16.0 Å². The first-order chi connectivity index (χ1) is 13.8. The molecule has 2 rings (SSSR count). The van der Waals surface area contributed by atoms with Crippen molar-refractivity contribution in [1.82, 2.24) is 4.90 Å². The molecule has 0 aromatic heterocycles. The second-order valence-electron chi connectivity index (χ2n) is 6.37. The normalized spacial score (nSPS) is 10.5. The summed E-state index contributed by atoms with van der Waals surface area (Å²) in [4.78, 5) is 25.8. The predicted octanol–water partition coefficient (Wildman–Crippen LogP) is 3.92. The fraction of sp³-hybridized carbons (Fsp3) is 0.333. The second kappa shape index (κ2) is 10.5. The first-order valence-electron chi connectivity index (χ1n) is 9.28. The Hall–Kier alpha value is -3.03. The third-order valence-corrected chi connectivity index (χ3v) is 4.18. The topological polar surface area (TPSA) is 58.6 Å². The van der Waals surface area contributed by atoms with Crippen molar-refractivity contribution in [3.05, 3.63) is 59.4 Å². The third kappa shape index (κ3) is 6.23. The summed E-state index contributed by atoms with van der Waals surface area (Å²) in [5, 5.41) is 2.15. The van der Waals surface area contributed by atoms with Gasteiger partial charge in [0.05, 0.1) is 12.2 Å². The van der Waals surface area contributed by atoms with Crippen LogP contribution < -0.4 is 10.1 Å². The summed E-state index contributed by atoms with van der Waals surface area (Å²) in [6.07, 6.45) is 1.47. The lowest BCUT2D eigenvalue weighted by molar-refractivity contribution is -0.136. The molecule has 0 radical (unpaired) electrons. The Morgan fingerprint density at radius 2 is 1.69 bits per heavy atom. The molecule has 2 aromatic rings. The molecule has 5 nitrogen and oxygen atoms in total. The van der Waals surface area contributed by atoms with E-state index in [1.165, 1.54) is 4.90 Å². The van der Waals surface area contributed by atoms with E-state index in [-0.39, 0.29) is 19.7 Å². The quantitative estimate of drug-likeness (QED) is 0.640. The zero-order valence-electron chi connectivity index (χ0n) is 16.3. The maximum Gasteiger partial charge on any atom is 0.260 e. The van der Waals surface area contributed by atoms with Gasteiger partial charge in [-0.15, -0.1) is 0 Å².